The van der Waals surface area contributed by atoms with Crippen molar-refractivity contribution in [2.24, 2.45) is 0 Å². The summed E-state index contributed by atoms with van der Waals surface area (Å²) in [5.74, 6) is -0.839. The van der Waals surface area contributed by atoms with Crippen LogP contribution in [0, 0.1) is 0 Å². The molecule has 0 saturated heterocycles. The van der Waals surface area contributed by atoms with Crippen molar-refractivity contribution in [1.82, 2.24) is 15.2 Å². The second-order valence-corrected chi connectivity index (χ2v) is 6.71. The Bertz CT molecular complexity index is 1010. The van der Waals surface area contributed by atoms with Crippen LogP contribution in [0.1, 0.15) is 15.9 Å². The molecule has 29 heavy (non-hydrogen) atoms. The molecule has 11 heteroatoms. The number of H-pyrrole nitrogens is 1. The first kappa shape index (κ1) is 20.4. The zero-order chi connectivity index (χ0) is 20.9. The third-order valence-corrected chi connectivity index (χ3v) is 4.47. The lowest BCUT2D eigenvalue weighted by Gasteiger charge is -2.11. The summed E-state index contributed by atoms with van der Waals surface area (Å²) in [4.78, 5) is 28.3. The van der Waals surface area contributed by atoms with Crippen LogP contribution in [0.15, 0.2) is 60.0 Å². The van der Waals surface area contributed by atoms with Gasteiger partial charge in [-0.15, -0.1) is 0 Å². The first-order chi connectivity index (χ1) is 13.8. The van der Waals surface area contributed by atoms with Crippen molar-refractivity contribution < 1.29 is 22.8 Å². The number of anilines is 2. The second-order valence-electron chi connectivity index (χ2n) is 5.74. The van der Waals surface area contributed by atoms with Gasteiger partial charge in [0.1, 0.15) is 6.33 Å². The van der Waals surface area contributed by atoms with E-state index in [1.165, 1.54) is 30.6 Å². The summed E-state index contributed by atoms with van der Waals surface area (Å²) in [5.41, 5.74) is -0.281. The van der Waals surface area contributed by atoms with E-state index in [-0.39, 0.29) is 22.9 Å². The molecule has 0 atom stereocenters. The largest absolute Gasteiger partial charge is 0.416 e. The van der Waals surface area contributed by atoms with E-state index in [1.54, 1.807) is 12.1 Å². The lowest BCUT2D eigenvalue weighted by molar-refractivity contribution is -0.137. The highest BCUT2D eigenvalue weighted by molar-refractivity contribution is 7.99. The van der Waals surface area contributed by atoms with E-state index >= 15 is 0 Å². The number of hydrogen-bond acceptors (Lipinski definition) is 5. The van der Waals surface area contributed by atoms with Crippen molar-refractivity contribution in [2.75, 3.05) is 16.4 Å². The third-order valence-electron chi connectivity index (χ3n) is 3.59. The molecule has 3 rings (SSSR count). The second kappa shape index (κ2) is 8.78. The van der Waals surface area contributed by atoms with Gasteiger partial charge < -0.3 is 10.6 Å². The SMILES string of the molecule is O=C(CSc1ncn[nH]1)Nc1cccc(C(=O)Nc2cccc(C(F)(F)F)c2)c1. The number of nitrogens with one attached hydrogen (secondary N) is 3. The summed E-state index contributed by atoms with van der Waals surface area (Å²) in [6.45, 7) is 0. The normalized spacial score (nSPS) is 11.1. The number of thioether (sulfide) groups is 1. The van der Waals surface area contributed by atoms with Crippen molar-refractivity contribution in [3.8, 4) is 0 Å². The van der Waals surface area contributed by atoms with Crippen molar-refractivity contribution in [2.45, 2.75) is 11.3 Å². The fourth-order valence-electron chi connectivity index (χ4n) is 2.31. The first-order valence-electron chi connectivity index (χ1n) is 8.18. The number of carbonyl (C=O) groups is 2. The molecule has 1 aromatic heterocycles. The van der Waals surface area contributed by atoms with Crippen LogP contribution in [0.3, 0.4) is 0 Å². The van der Waals surface area contributed by atoms with E-state index in [2.05, 4.69) is 25.8 Å². The highest BCUT2D eigenvalue weighted by Crippen LogP contribution is 2.30. The molecule has 0 aliphatic carbocycles. The molecule has 0 saturated carbocycles. The maximum atomic E-state index is 12.8. The molecule has 0 unspecified atom stereocenters. The van der Waals surface area contributed by atoms with Crippen LogP contribution in [0.5, 0.6) is 0 Å². The van der Waals surface area contributed by atoms with E-state index < -0.39 is 17.6 Å². The summed E-state index contributed by atoms with van der Waals surface area (Å²) >= 11 is 1.16. The predicted octanol–water partition coefficient (Wildman–Crippen LogP) is 3.81. The van der Waals surface area contributed by atoms with Crippen LogP contribution >= 0.6 is 11.8 Å². The monoisotopic (exact) mass is 421 g/mol. The molecule has 0 aliphatic heterocycles. The molecule has 150 valence electrons. The number of alkyl halides is 3. The van der Waals surface area contributed by atoms with Gasteiger partial charge >= 0.3 is 6.18 Å². The summed E-state index contributed by atoms with van der Waals surface area (Å²) in [7, 11) is 0. The number of rotatable bonds is 6. The third kappa shape index (κ3) is 5.82. The highest BCUT2D eigenvalue weighted by Gasteiger charge is 2.30. The number of amides is 2. The number of benzene rings is 2. The number of halogens is 3. The molecule has 3 aromatic rings. The van der Waals surface area contributed by atoms with E-state index in [1.807, 2.05) is 0 Å². The first-order valence-corrected chi connectivity index (χ1v) is 9.16. The summed E-state index contributed by atoms with van der Waals surface area (Å²) < 4.78 is 38.4. The summed E-state index contributed by atoms with van der Waals surface area (Å²) in [6, 6.07) is 10.4. The Morgan fingerprint density at radius 3 is 2.45 bits per heavy atom. The number of aromatic amines is 1. The topological polar surface area (TPSA) is 99.8 Å². The van der Waals surface area contributed by atoms with Crippen molar-refractivity contribution in [3.05, 3.63) is 66.0 Å². The molecule has 3 N–H and O–H groups in total. The van der Waals surface area contributed by atoms with Gasteiger partial charge in [-0.3, -0.25) is 14.7 Å². The Kier molecular flexibility index (Phi) is 6.17. The Labute approximate surface area is 167 Å². The fourth-order valence-corrected chi connectivity index (χ4v) is 2.89. The van der Waals surface area contributed by atoms with E-state index in [4.69, 9.17) is 0 Å². The minimum atomic E-state index is -4.51. The summed E-state index contributed by atoms with van der Waals surface area (Å²) in [6.07, 6.45) is -3.18. The van der Waals surface area contributed by atoms with Crippen molar-refractivity contribution in [3.63, 3.8) is 0 Å². The Hall–Kier alpha value is -3.34. The molecule has 0 radical (unpaired) electrons. The molecule has 2 amide bonds. The maximum Gasteiger partial charge on any atom is 0.416 e. The van der Waals surface area contributed by atoms with Gasteiger partial charge in [0, 0.05) is 16.9 Å². The minimum Gasteiger partial charge on any atom is -0.325 e. The average Bonchev–Trinajstić information content (AvgIpc) is 3.20. The number of aromatic nitrogens is 3. The minimum absolute atomic E-state index is 0.0164. The van der Waals surface area contributed by atoms with E-state index in [0.717, 1.165) is 23.9 Å². The van der Waals surface area contributed by atoms with Gasteiger partial charge in [-0.05, 0) is 36.4 Å². The van der Waals surface area contributed by atoms with Crippen LogP contribution in [0.2, 0.25) is 0 Å². The van der Waals surface area contributed by atoms with Gasteiger partial charge in [0.25, 0.3) is 5.91 Å². The lowest BCUT2D eigenvalue weighted by atomic mass is 10.1. The van der Waals surface area contributed by atoms with Gasteiger partial charge in [0.2, 0.25) is 5.91 Å². The van der Waals surface area contributed by atoms with Gasteiger partial charge in [0.05, 0.1) is 11.3 Å². The molecule has 7 nitrogen and oxygen atoms in total. The quantitative estimate of drug-likeness (QED) is 0.526. The molecule has 0 fully saturated rings. The molecule has 0 bridgehead atoms. The Morgan fingerprint density at radius 1 is 1.03 bits per heavy atom. The van der Waals surface area contributed by atoms with E-state index in [0.29, 0.717) is 10.8 Å². The van der Waals surface area contributed by atoms with Crippen molar-refractivity contribution in [1.29, 1.82) is 0 Å². The average molecular weight is 421 g/mol. The lowest BCUT2D eigenvalue weighted by Crippen LogP contribution is -2.16. The van der Waals surface area contributed by atoms with Crippen LogP contribution in [0.25, 0.3) is 0 Å². The maximum absolute atomic E-state index is 12.8. The molecule has 2 aromatic carbocycles. The summed E-state index contributed by atoms with van der Waals surface area (Å²) in [5, 5.41) is 11.8. The van der Waals surface area contributed by atoms with Gasteiger partial charge in [-0.1, -0.05) is 23.9 Å². The van der Waals surface area contributed by atoms with Crippen molar-refractivity contribution >= 4 is 35.0 Å². The van der Waals surface area contributed by atoms with Crippen LogP contribution in [-0.4, -0.2) is 32.7 Å². The zero-order valence-corrected chi connectivity index (χ0v) is 15.5. The molecule has 0 aliphatic rings. The van der Waals surface area contributed by atoms with Crippen LogP contribution < -0.4 is 10.6 Å². The van der Waals surface area contributed by atoms with Gasteiger partial charge in [-0.2, -0.15) is 18.3 Å². The Balaban J connectivity index is 1.62. The number of nitrogens with zero attached hydrogens (tertiary/aromatic N) is 2. The highest BCUT2D eigenvalue weighted by atomic mass is 32.2. The Morgan fingerprint density at radius 2 is 1.76 bits per heavy atom. The zero-order valence-electron chi connectivity index (χ0n) is 14.7. The number of carbonyl (C=O) groups excluding carboxylic acids is 2. The smallest absolute Gasteiger partial charge is 0.325 e. The fraction of sp³-hybridized carbons (Fsp3) is 0.111. The van der Waals surface area contributed by atoms with Gasteiger partial charge in [0.15, 0.2) is 5.16 Å². The predicted molar refractivity (Wildman–Crippen MR) is 102 cm³/mol. The molecule has 0 spiro atoms. The molecular weight excluding hydrogens is 407 g/mol. The van der Waals surface area contributed by atoms with Gasteiger partial charge in [-0.25, -0.2) is 4.98 Å². The number of hydrogen-bond donors (Lipinski definition) is 3. The van der Waals surface area contributed by atoms with Crippen LogP contribution in [0.4, 0.5) is 24.5 Å². The molecular formula is C18H14F3N5O2S. The van der Waals surface area contributed by atoms with Crippen LogP contribution in [-0.2, 0) is 11.0 Å². The molecule has 1 heterocycles. The van der Waals surface area contributed by atoms with E-state index in [9.17, 15) is 22.8 Å². The standard InChI is InChI=1S/C18H14F3N5O2S/c19-18(20,21)12-4-2-6-14(8-12)25-16(28)11-3-1-5-13(7-11)24-15(27)9-29-17-22-10-23-26-17/h1-8,10H,9H2,(H,24,27)(H,25,28)(H,22,23,26).